The molecule has 2 aliphatic heterocycles. The summed E-state index contributed by atoms with van der Waals surface area (Å²) in [7, 11) is 0. The Balaban J connectivity index is 0.000000324. The fourth-order valence-electron chi connectivity index (χ4n) is 8.00. The Morgan fingerprint density at radius 3 is 1.63 bits per heavy atom. The van der Waals surface area contributed by atoms with E-state index in [1.807, 2.05) is 13.8 Å². The van der Waals surface area contributed by atoms with Crippen LogP contribution < -0.4 is 21.7 Å². The second-order valence-electron chi connectivity index (χ2n) is 16.4. The molecule has 2 saturated heterocycles. The Morgan fingerprint density at radius 1 is 0.729 bits per heavy atom. The van der Waals surface area contributed by atoms with E-state index in [4.69, 9.17) is 29.4 Å². The van der Waals surface area contributed by atoms with Gasteiger partial charge in [0.2, 0.25) is 11.8 Å². The SMILES string of the molecule is CCOCCO[C@H]1CCCN([C@@H]2C=C(C(=O)O)C[C@H](N)[C@H]2NC(C)=O)C1.CCOCCO[C@H]1CCCN([C@@H]2C=C(C(=O)O)C[C@H](NC(=O)OC(C)(C)C)[C@H]2NC(C)=O)C1. The number of carboxylic acids is 2. The van der Waals surface area contributed by atoms with Gasteiger partial charge < -0.3 is 55.6 Å². The molecule has 2 fully saturated rings. The van der Waals surface area contributed by atoms with Gasteiger partial charge in [-0.2, -0.15) is 0 Å². The molecule has 336 valence electrons. The molecule has 7 N–H and O–H groups in total. The van der Waals surface area contributed by atoms with Crippen LogP contribution in [0.15, 0.2) is 23.3 Å². The quantitative estimate of drug-likeness (QED) is 0.115. The van der Waals surface area contributed by atoms with Crippen molar-refractivity contribution in [2.75, 3.05) is 65.8 Å². The van der Waals surface area contributed by atoms with Crippen LogP contribution in [0.1, 0.15) is 87.0 Å². The zero-order valence-electron chi connectivity index (χ0n) is 36.0. The van der Waals surface area contributed by atoms with Gasteiger partial charge in [-0.1, -0.05) is 12.2 Å². The van der Waals surface area contributed by atoms with Gasteiger partial charge in [0.05, 0.1) is 68.8 Å². The van der Waals surface area contributed by atoms with E-state index in [1.54, 1.807) is 32.9 Å². The number of carbonyl (C=O) groups excluding carboxylic acids is 3. The van der Waals surface area contributed by atoms with Gasteiger partial charge in [-0.3, -0.25) is 19.4 Å². The number of rotatable bonds is 17. The first-order valence-corrected chi connectivity index (χ1v) is 21.0. The summed E-state index contributed by atoms with van der Waals surface area (Å²) in [6.45, 7) is 18.3. The Morgan fingerprint density at radius 2 is 1.19 bits per heavy atom. The second-order valence-corrected chi connectivity index (χ2v) is 16.4. The summed E-state index contributed by atoms with van der Waals surface area (Å²) >= 11 is 0. The van der Waals surface area contributed by atoms with Crippen LogP contribution in [0.4, 0.5) is 4.79 Å². The minimum atomic E-state index is -1.04. The van der Waals surface area contributed by atoms with E-state index in [1.165, 1.54) is 13.8 Å². The number of likely N-dealkylation sites (tertiary alicyclic amines) is 2. The third kappa shape index (κ3) is 17.1. The molecular weight excluding hydrogens is 768 g/mol. The van der Waals surface area contributed by atoms with Crippen molar-refractivity contribution in [3.8, 4) is 0 Å². The third-order valence-corrected chi connectivity index (χ3v) is 10.5. The van der Waals surface area contributed by atoms with Crippen LogP contribution in [0.25, 0.3) is 0 Å². The van der Waals surface area contributed by atoms with Crippen LogP contribution in [-0.2, 0) is 42.9 Å². The number of nitrogens with two attached hydrogens (primary N) is 1. The first-order valence-electron chi connectivity index (χ1n) is 21.0. The second kappa shape index (κ2) is 24.6. The van der Waals surface area contributed by atoms with E-state index < -0.39 is 47.8 Å². The number of carbonyl (C=O) groups is 5. The van der Waals surface area contributed by atoms with Gasteiger partial charge in [0.25, 0.3) is 0 Å². The highest BCUT2D eigenvalue weighted by Crippen LogP contribution is 2.28. The summed E-state index contributed by atoms with van der Waals surface area (Å²) in [6.07, 6.45) is 6.86. The summed E-state index contributed by atoms with van der Waals surface area (Å²) < 4.78 is 27.9. The Labute approximate surface area is 348 Å². The average Bonchev–Trinajstić information content (AvgIpc) is 3.15. The van der Waals surface area contributed by atoms with E-state index >= 15 is 0 Å². The largest absolute Gasteiger partial charge is 0.478 e. The van der Waals surface area contributed by atoms with Crippen molar-refractivity contribution < 1.29 is 57.9 Å². The molecule has 18 heteroatoms. The van der Waals surface area contributed by atoms with Crippen LogP contribution in [0.2, 0.25) is 0 Å². The van der Waals surface area contributed by atoms with E-state index in [2.05, 4.69) is 25.8 Å². The molecule has 0 unspecified atom stereocenters. The first-order chi connectivity index (χ1) is 27.9. The summed E-state index contributed by atoms with van der Waals surface area (Å²) in [5.74, 6) is -2.41. The minimum absolute atomic E-state index is 0.0157. The van der Waals surface area contributed by atoms with Gasteiger partial charge in [0, 0.05) is 63.8 Å². The number of amides is 3. The highest BCUT2D eigenvalue weighted by Gasteiger charge is 2.42. The number of alkyl carbamates (subject to hydrolysis) is 1. The summed E-state index contributed by atoms with van der Waals surface area (Å²) in [5, 5.41) is 27.7. The van der Waals surface area contributed by atoms with Crippen LogP contribution in [0, 0.1) is 0 Å². The Kier molecular flexibility index (Phi) is 20.7. The smallest absolute Gasteiger partial charge is 0.407 e. The number of ether oxygens (including phenoxy) is 5. The van der Waals surface area contributed by atoms with Gasteiger partial charge in [-0.05, 0) is 79.8 Å². The number of carboxylic acid groups (broad SMARTS) is 2. The van der Waals surface area contributed by atoms with Crippen molar-refractivity contribution in [2.24, 2.45) is 5.73 Å². The molecule has 3 amide bonds. The molecule has 0 bridgehead atoms. The fourth-order valence-corrected chi connectivity index (χ4v) is 8.00. The molecule has 0 radical (unpaired) electrons. The number of piperidine rings is 2. The molecule has 2 heterocycles. The number of aliphatic carboxylic acids is 2. The molecule has 0 saturated carbocycles. The predicted octanol–water partition coefficient (Wildman–Crippen LogP) is 1.80. The fraction of sp³-hybridized carbons (Fsp3) is 0.780. The normalized spacial score (nSPS) is 27.9. The van der Waals surface area contributed by atoms with Gasteiger partial charge in [-0.15, -0.1) is 0 Å². The highest BCUT2D eigenvalue weighted by atomic mass is 16.6. The molecule has 0 spiro atoms. The molecule has 2 aliphatic carbocycles. The van der Waals surface area contributed by atoms with E-state index in [0.717, 1.165) is 38.8 Å². The molecule has 0 aromatic carbocycles. The zero-order chi connectivity index (χ0) is 43.7. The van der Waals surface area contributed by atoms with Gasteiger partial charge in [-0.25, -0.2) is 14.4 Å². The van der Waals surface area contributed by atoms with Crippen LogP contribution >= 0.6 is 0 Å². The predicted molar refractivity (Wildman–Crippen MR) is 219 cm³/mol. The van der Waals surface area contributed by atoms with E-state index in [9.17, 15) is 34.2 Å². The van der Waals surface area contributed by atoms with E-state index in [0.29, 0.717) is 58.3 Å². The lowest BCUT2D eigenvalue weighted by molar-refractivity contribution is -0.134. The Hall–Kier alpha value is -3.65. The van der Waals surface area contributed by atoms with Crippen molar-refractivity contribution >= 4 is 29.8 Å². The monoisotopic (exact) mass is 839 g/mol. The third-order valence-electron chi connectivity index (χ3n) is 10.5. The van der Waals surface area contributed by atoms with Crippen LogP contribution in [0.3, 0.4) is 0 Å². The maximum atomic E-state index is 12.5. The number of nitrogens with one attached hydrogen (secondary N) is 3. The molecule has 0 aromatic heterocycles. The molecule has 18 nitrogen and oxygen atoms in total. The maximum Gasteiger partial charge on any atom is 0.407 e. The minimum Gasteiger partial charge on any atom is -0.478 e. The van der Waals surface area contributed by atoms with Crippen LogP contribution in [-0.4, -0.2) is 170 Å². The summed E-state index contributed by atoms with van der Waals surface area (Å²) in [6, 6.07) is -2.54. The molecule has 59 heavy (non-hydrogen) atoms. The topological polar surface area (TPSA) is 241 Å². The van der Waals surface area contributed by atoms with Gasteiger partial charge in [0.1, 0.15) is 5.60 Å². The molecule has 8 atom stereocenters. The number of nitrogens with zero attached hydrogens (tertiary/aromatic N) is 2. The number of hydrogen-bond acceptors (Lipinski definition) is 13. The lowest BCUT2D eigenvalue weighted by atomic mass is 9.84. The van der Waals surface area contributed by atoms with Crippen molar-refractivity contribution in [2.45, 2.75) is 141 Å². The van der Waals surface area contributed by atoms with Gasteiger partial charge in [0.15, 0.2) is 0 Å². The number of hydrogen-bond donors (Lipinski definition) is 6. The first kappa shape index (κ1) is 49.7. The summed E-state index contributed by atoms with van der Waals surface area (Å²) in [5.41, 5.74) is 6.01. The zero-order valence-corrected chi connectivity index (χ0v) is 36.0. The maximum absolute atomic E-state index is 12.5. The van der Waals surface area contributed by atoms with Crippen LogP contribution in [0.5, 0.6) is 0 Å². The van der Waals surface area contributed by atoms with Crippen molar-refractivity contribution in [3.63, 3.8) is 0 Å². The summed E-state index contributed by atoms with van der Waals surface area (Å²) in [4.78, 5) is 63.8. The molecular formula is C41H70N6O12. The van der Waals surface area contributed by atoms with Crippen molar-refractivity contribution in [1.82, 2.24) is 25.8 Å². The highest BCUT2D eigenvalue weighted by molar-refractivity contribution is 5.88. The van der Waals surface area contributed by atoms with Crippen molar-refractivity contribution in [1.29, 1.82) is 0 Å². The van der Waals surface area contributed by atoms with E-state index in [-0.39, 0.29) is 54.5 Å². The lowest BCUT2D eigenvalue weighted by Crippen LogP contribution is -2.64. The lowest BCUT2D eigenvalue weighted by Gasteiger charge is -2.45. The Bertz CT molecular complexity index is 1450. The standard InChI is InChI=1S/C23H39N3O7.C18H31N3O5/c1-6-31-10-11-32-17-8-7-9-26(14-17)19-13-16(21(28)29)12-18(20(19)24-15(2)27)25-22(30)33-23(3,4)5;1-3-25-7-8-26-14-5-4-6-21(11-14)16-10-13(18(23)24)9-15(19)17(16)20-12(2)22/h13,17-20H,6-12,14H2,1-5H3,(H,24,27)(H,25,30)(H,28,29);10,14-17H,3-9,11,19H2,1-2H3,(H,20,22)(H,23,24)/t17-,18-,19+,20+;14-,15-,16+,17+/m00/s1. The molecule has 4 rings (SSSR count). The van der Waals surface area contributed by atoms with Crippen molar-refractivity contribution in [3.05, 3.63) is 23.3 Å². The average molecular weight is 839 g/mol. The van der Waals surface area contributed by atoms with Gasteiger partial charge >= 0.3 is 18.0 Å². The molecule has 0 aromatic rings. The molecule has 4 aliphatic rings.